The van der Waals surface area contributed by atoms with Gasteiger partial charge in [-0.1, -0.05) is 31.0 Å². The molecule has 0 radical (unpaired) electrons. The first-order valence-electron chi connectivity index (χ1n) is 13.3. The third-order valence-corrected chi connectivity index (χ3v) is 8.20. The SMILES string of the molecule is COc1cccc(CN(C(=O)CCCN(c2cc(C)cc(C)c2)S(C)(=O)=O)[C@@H](C)C(=O)NC2CCCC2)c1. The van der Waals surface area contributed by atoms with Crippen molar-refractivity contribution in [1.82, 2.24) is 10.2 Å². The smallest absolute Gasteiger partial charge is 0.242 e. The number of hydrogen-bond acceptors (Lipinski definition) is 5. The lowest BCUT2D eigenvalue weighted by atomic mass is 10.1. The number of rotatable bonds is 12. The Bertz CT molecular complexity index is 1200. The van der Waals surface area contributed by atoms with Crippen molar-refractivity contribution in [2.24, 2.45) is 0 Å². The molecule has 2 aromatic carbocycles. The second-order valence-corrected chi connectivity index (χ2v) is 12.2. The predicted octanol–water partition coefficient (Wildman–Crippen LogP) is 4.33. The average molecular weight is 544 g/mol. The van der Waals surface area contributed by atoms with Crippen LogP contribution in [0.5, 0.6) is 5.75 Å². The summed E-state index contributed by atoms with van der Waals surface area (Å²) in [6.45, 7) is 6.02. The number of carbonyl (C=O) groups is 2. The minimum absolute atomic E-state index is 0.113. The first-order chi connectivity index (χ1) is 18.0. The van der Waals surface area contributed by atoms with E-state index < -0.39 is 16.1 Å². The Labute approximate surface area is 227 Å². The van der Waals surface area contributed by atoms with Gasteiger partial charge in [0.25, 0.3) is 0 Å². The number of benzene rings is 2. The van der Waals surface area contributed by atoms with Crippen molar-refractivity contribution < 1.29 is 22.7 Å². The van der Waals surface area contributed by atoms with Crippen molar-refractivity contribution in [1.29, 1.82) is 0 Å². The maximum absolute atomic E-state index is 13.5. The summed E-state index contributed by atoms with van der Waals surface area (Å²) in [5, 5.41) is 3.10. The van der Waals surface area contributed by atoms with E-state index in [1.165, 1.54) is 10.6 Å². The van der Waals surface area contributed by atoms with Crippen LogP contribution in [0, 0.1) is 13.8 Å². The van der Waals surface area contributed by atoms with Gasteiger partial charge in [0, 0.05) is 25.6 Å². The van der Waals surface area contributed by atoms with Crippen LogP contribution < -0.4 is 14.4 Å². The standard InChI is InChI=1S/C29H41N3O5S/c1-21-16-22(2)18-26(17-21)32(38(5,35)36)15-9-14-28(33)31(20-24-10-8-13-27(19-24)37-4)23(3)29(34)30-25-11-6-7-12-25/h8,10,13,16-19,23,25H,6-7,9,11-12,14-15,20H2,1-5H3,(H,30,34)/t23-/m0/s1. The summed E-state index contributed by atoms with van der Waals surface area (Å²) in [6.07, 6.45) is 5.74. The highest BCUT2D eigenvalue weighted by Gasteiger charge is 2.29. The molecular weight excluding hydrogens is 502 g/mol. The van der Waals surface area contributed by atoms with Gasteiger partial charge in [0.15, 0.2) is 0 Å². The molecule has 1 N–H and O–H groups in total. The highest BCUT2D eigenvalue weighted by molar-refractivity contribution is 7.92. The van der Waals surface area contributed by atoms with Gasteiger partial charge in [0.05, 0.1) is 19.1 Å². The first kappa shape index (κ1) is 29.5. The lowest BCUT2D eigenvalue weighted by Gasteiger charge is -2.30. The largest absolute Gasteiger partial charge is 0.497 e. The molecule has 0 bridgehead atoms. The topological polar surface area (TPSA) is 96.0 Å². The minimum atomic E-state index is -3.54. The molecule has 0 unspecified atom stereocenters. The number of hydrogen-bond donors (Lipinski definition) is 1. The van der Waals surface area contributed by atoms with E-state index >= 15 is 0 Å². The normalized spacial score (nSPS) is 14.7. The summed E-state index contributed by atoms with van der Waals surface area (Å²) < 4.78 is 31.9. The fourth-order valence-electron chi connectivity index (χ4n) is 5.04. The van der Waals surface area contributed by atoms with Crippen LogP contribution in [-0.2, 0) is 26.2 Å². The number of nitrogens with zero attached hydrogens (tertiary/aromatic N) is 2. The molecule has 2 amide bonds. The Morgan fingerprint density at radius 2 is 1.74 bits per heavy atom. The minimum Gasteiger partial charge on any atom is -0.497 e. The summed E-state index contributed by atoms with van der Waals surface area (Å²) in [6, 6.07) is 12.6. The number of anilines is 1. The maximum Gasteiger partial charge on any atom is 0.242 e. The molecule has 38 heavy (non-hydrogen) atoms. The van der Waals surface area contributed by atoms with Crippen LogP contribution in [-0.4, -0.2) is 57.1 Å². The summed E-state index contributed by atoms with van der Waals surface area (Å²) in [4.78, 5) is 28.2. The van der Waals surface area contributed by atoms with Gasteiger partial charge in [-0.05, 0) is 81.0 Å². The lowest BCUT2D eigenvalue weighted by molar-refractivity contribution is -0.141. The highest BCUT2D eigenvalue weighted by Crippen LogP contribution is 2.23. The molecule has 1 saturated carbocycles. The Morgan fingerprint density at radius 1 is 1.08 bits per heavy atom. The van der Waals surface area contributed by atoms with Crippen LogP contribution in [0.25, 0.3) is 0 Å². The van der Waals surface area contributed by atoms with Gasteiger partial charge in [-0.15, -0.1) is 0 Å². The van der Waals surface area contributed by atoms with E-state index in [0.29, 0.717) is 17.9 Å². The molecule has 9 heteroatoms. The van der Waals surface area contributed by atoms with Gasteiger partial charge in [-0.25, -0.2) is 8.42 Å². The Morgan fingerprint density at radius 3 is 2.34 bits per heavy atom. The molecule has 208 valence electrons. The van der Waals surface area contributed by atoms with E-state index in [-0.39, 0.29) is 37.4 Å². The number of sulfonamides is 1. The summed E-state index contributed by atoms with van der Waals surface area (Å²) in [5.74, 6) is 0.312. The van der Waals surface area contributed by atoms with Gasteiger partial charge in [-0.3, -0.25) is 13.9 Å². The van der Waals surface area contributed by atoms with Gasteiger partial charge < -0.3 is 15.0 Å². The van der Waals surface area contributed by atoms with Crippen molar-refractivity contribution in [3.8, 4) is 5.75 Å². The molecule has 0 aromatic heterocycles. The fourth-order valence-corrected chi connectivity index (χ4v) is 5.99. The molecule has 1 aliphatic carbocycles. The fraction of sp³-hybridized carbons (Fsp3) is 0.517. The summed E-state index contributed by atoms with van der Waals surface area (Å²) >= 11 is 0. The van der Waals surface area contributed by atoms with Gasteiger partial charge in [0.2, 0.25) is 21.8 Å². The van der Waals surface area contributed by atoms with E-state index in [2.05, 4.69) is 5.32 Å². The van der Waals surface area contributed by atoms with Crippen LogP contribution >= 0.6 is 0 Å². The zero-order chi connectivity index (χ0) is 27.9. The Hall–Kier alpha value is -3.07. The highest BCUT2D eigenvalue weighted by atomic mass is 32.2. The lowest BCUT2D eigenvalue weighted by Crippen LogP contribution is -2.49. The van der Waals surface area contributed by atoms with Crippen molar-refractivity contribution in [3.05, 3.63) is 59.2 Å². The number of methoxy groups -OCH3 is 1. The number of nitrogens with one attached hydrogen (secondary N) is 1. The molecule has 1 aliphatic rings. The van der Waals surface area contributed by atoms with Gasteiger partial charge in [0.1, 0.15) is 11.8 Å². The number of ether oxygens (including phenoxy) is 1. The second kappa shape index (κ2) is 13.1. The third kappa shape index (κ3) is 8.21. The van der Waals surface area contributed by atoms with Crippen molar-refractivity contribution in [2.45, 2.75) is 77.9 Å². The number of amides is 2. The number of aryl methyl sites for hydroxylation is 2. The van der Waals surface area contributed by atoms with Crippen LogP contribution in [0.15, 0.2) is 42.5 Å². The van der Waals surface area contributed by atoms with Crippen molar-refractivity contribution in [3.63, 3.8) is 0 Å². The van der Waals surface area contributed by atoms with Crippen LogP contribution in [0.1, 0.15) is 62.1 Å². The average Bonchev–Trinajstić information content (AvgIpc) is 3.36. The third-order valence-electron chi connectivity index (χ3n) is 7.00. The van der Waals surface area contributed by atoms with Crippen LogP contribution in [0.3, 0.4) is 0 Å². The summed E-state index contributed by atoms with van der Waals surface area (Å²) in [7, 11) is -1.95. The molecule has 0 spiro atoms. The Balaban J connectivity index is 1.75. The maximum atomic E-state index is 13.5. The van der Waals surface area contributed by atoms with Crippen LogP contribution in [0.2, 0.25) is 0 Å². The van der Waals surface area contributed by atoms with Crippen molar-refractivity contribution >= 4 is 27.5 Å². The van der Waals surface area contributed by atoms with E-state index in [9.17, 15) is 18.0 Å². The molecule has 2 aromatic rings. The predicted molar refractivity (Wildman–Crippen MR) is 151 cm³/mol. The second-order valence-electron chi connectivity index (χ2n) is 10.3. The molecule has 0 aliphatic heterocycles. The molecule has 1 fully saturated rings. The van der Waals surface area contributed by atoms with Crippen molar-refractivity contribution in [2.75, 3.05) is 24.2 Å². The summed E-state index contributed by atoms with van der Waals surface area (Å²) in [5.41, 5.74) is 3.38. The van der Waals surface area contributed by atoms with E-state index in [0.717, 1.165) is 42.4 Å². The monoisotopic (exact) mass is 543 g/mol. The Kier molecular flexibility index (Phi) is 10.2. The molecule has 3 rings (SSSR count). The zero-order valence-corrected chi connectivity index (χ0v) is 24.0. The van der Waals surface area contributed by atoms with E-state index in [4.69, 9.17) is 4.74 Å². The van der Waals surface area contributed by atoms with E-state index in [1.807, 2.05) is 56.3 Å². The molecular formula is C29H41N3O5S. The molecule has 0 saturated heterocycles. The van der Waals surface area contributed by atoms with Crippen LogP contribution in [0.4, 0.5) is 5.69 Å². The quantitative estimate of drug-likeness (QED) is 0.430. The van der Waals surface area contributed by atoms with Gasteiger partial charge in [-0.2, -0.15) is 0 Å². The molecule has 0 heterocycles. The first-order valence-corrected chi connectivity index (χ1v) is 15.1. The van der Waals surface area contributed by atoms with Gasteiger partial charge >= 0.3 is 0 Å². The number of carbonyl (C=O) groups excluding carboxylic acids is 2. The molecule has 8 nitrogen and oxygen atoms in total. The molecule has 1 atom stereocenters. The van der Waals surface area contributed by atoms with E-state index in [1.54, 1.807) is 18.9 Å². The zero-order valence-electron chi connectivity index (χ0n) is 23.2.